The summed E-state index contributed by atoms with van der Waals surface area (Å²) in [7, 11) is 0. The van der Waals surface area contributed by atoms with Gasteiger partial charge in [-0.3, -0.25) is 0 Å². The number of nitrogens with one attached hydrogen (secondary N) is 1. The molecule has 0 aliphatic rings. The van der Waals surface area contributed by atoms with Crippen LogP contribution in [0.1, 0.15) is 0 Å². The Hall–Kier alpha value is -1.52. The lowest BCUT2D eigenvalue weighted by atomic mass is 10.6. The third kappa shape index (κ3) is 0.543. The van der Waals surface area contributed by atoms with Gasteiger partial charge in [0.15, 0.2) is 12.0 Å². The monoisotopic (exact) mass is 120 g/mol. The summed E-state index contributed by atoms with van der Waals surface area (Å²) in [4.78, 5) is 7.35. The highest BCUT2D eigenvalue weighted by Crippen LogP contribution is 1.96. The Morgan fingerprint density at radius 2 is 2.56 bits per heavy atom. The molecule has 2 aromatic heterocycles. The fraction of sp³-hybridized carbons (Fsp3) is 0. The van der Waals surface area contributed by atoms with Crippen molar-refractivity contribution in [2.24, 2.45) is 0 Å². The average Bonchev–Trinajstić information content (AvgIpc) is 2.33. The number of hydrogen-bond acceptors (Lipinski definition) is 4. The van der Waals surface area contributed by atoms with Crippen molar-refractivity contribution in [2.75, 3.05) is 0 Å². The molecule has 0 aliphatic heterocycles. The van der Waals surface area contributed by atoms with Gasteiger partial charge in [0.2, 0.25) is 0 Å². The standard InChI is InChI=1S/C4H2N5/c1-3-4(6-2-5-1)8-9-7-3/h1H,(H,5,6,7,8,9). The number of fused-ring (bicyclic) bond motifs is 1. The van der Waals surface area contributed by atoms with Gasteiger partial charge in [-0.05, 0) is 0 Å². The first-order valence-corrected chi connectivity index (χ1v) is 2.36. The maximum absolute atomic E-state index is 3.72. The van der Waals surface area contributed by atoms with E-state index in [9.17, 15) is 0 Å². The molecule has 1 radical (unpaired) electrons. The van der Waals surface area contributed by atoms with Crippen molar-refractivity contribution in [2.45, 2.75) is 0 Å². The quantitative estimate of drug-likeness (QED) is 0.511. The molecule has 1 N–H and O–H groups in total. The number of aromatic nitrogens is 5. The summed E-state index contributed by atoms with van der Waals surface area (Å²) in [6.45, 7) is 0. The Kier molecular flexibility index (Phi) is 0.717. The SMILES string of the molecule is [c]1ncc2nn[nH]c2n1. The van der Waals surface area contributed by atoms with E-state index >= 15 is 0 Å². The van der Waals surface area contributed by atoms with Crippen molar-refractivity contribution in [3.05, 3.63) is 12.5 Å². The van der Waals surface area contributed by atoms with Gasteiger partial charge in [-0.25, -0.2) is 15.1 Å². The predicted octanol–water partition coefficient (Wildman–Crippen LogP) is -0.452. The molecule has 9 heavy (non-hydrogen) atoms. The third-order valence-electron chi connectivity index (χ3n) is 0.963. The molecule has 0 saturated heterocycles. The Bertz CT molecular complexity index is 283. The summed E-state index contributed by atoms with van der Waals surface area (Å²) < 4.78 is 0. The summed E-state index contributed by atoms with van der Waals surface area (Å²) in [5.41, 5.74) is 1.28. The normalized spacial score (nSPS) is 10.2. The molecule has 5 heteroatoms. The van der Waals surface area contributed by atoms with Crippen LogP contribution < -0.4 is 0 Å². The minimum Gasteiger partial charge on any atom is -0.240 e. The molecule has 0 bridgehead atoms. The van der Waals surface area contributed by atoms with E-state index in [-0.39, 0.29) is 0 Å². The Balaban J connectivity index is 2.95. The third-order valence-corrected chi connectivity index (χ3v) is 0.963. The van der Waals surface area contributed by atoms with E-state index in [1.807, 2.05) is 0 Å². The van der Waals surface area contributed by atoms with Crippen LogP contribution in [0.4, 0.5) is 0 Å². The molecule has 2 rings (SSSR count). The molecule has 2 heterocycles. The van der Waals surface area contributed by atoms with E-state index in [1.165, 1.54) is 0 Å². The molecule has 0 amide bonds. The zero-order valence-electron chi connectivity index (χ0n) is 4.37. The van der Waals surface area contributed by atoms with Gasteiger partial charge in [0, 0.05) is 0 Å². The van der Waals surface area contributed by atoms with Gasteiger partial charge in [0.05, 0.1) is 6.20 Å². The van der Waals surface area contributed by atoms with Gasteiger partial charge in [-0.15, -0.1) is 5.10 Å². The second kappa shape index (κ2) is 1.48. The van der Waals surface area contributed by atoms with Crippen molar-refractivity contribution in [3.63, 3.8) is 0 Å². The van der Waals surface area contributed by atoms with E-state index in [0.29, 0.717) is 11.2 Å². The zero-order chi connectivity index (χ0) is 6.10. The van der Waals surface area contributed by atoms with E-state index in [4.69, 9.17) is 0 Å². The smallest absolute Gasteiger partial charge is 0.199 e. The lowest BCUT2D eigenvalue weighted by Crippen LogP contribution is -1.77. The maximum atomic E-state index is 3.72. The topological polar surface area (TPSA) is 67.3 Å². The first-order chi connectivity index (χ1) is 4.47. The van der Waals surface area contributed by atoms with Crippen molar-refractivity contribution < 1.29 is 0 Å². The van der Waals surface area contributed by atoms with Gasteiger partial charge in [0.1, 0.15) is 5.52 Å². The minimum atomic E-state index is 0.616. The number of aromatic amines is 1. The van der Waals surface area contributed by atoms with E-state index in [0.717, 1.165) is 0 Å². The number of nitrogens with zero attached hydrogens (tertiary/aromatic N) is 4. The summed E-state index contributed by atoms with van der Waals surface area (Å²) in [5, 5.41) is 9.75. The number of H-pyrrole nitrogens is 1. The van der Waals surface area contributed by atoms with Gasteiger partial charge in [0.25, 0.3) is 0 Å². The fourth-order valence-electron chi connectivity index (χ4n) is 0.569. The van der Waals surface area contributed by atoms with Crippen LogP contribution in [-0.4, -0.2) is 25.4 Å². The van der Waals surface area contributed by atoms with Crippen molar-refractivity contribution in [3.8, 4) is 0 Å². The second-order valence-corrected chi connectivity index (χ2v) is 1.52. The average molecular weight is 120 g/mol. The molecule has 0 spiro atoms. The largest absolute Gasteiger partial charge is 0.240 e. The highest BCUT2D eigenvalue weighted by Gasteiger charge is 1.93. The Morgan fingerprint density at radius 3 is 3.44 bits per heavy atom. The van der Waals surface area contributed by atoms with E-state index in [1.54, 1.807) is 6.20 Å². The molecule has 2 aromatic rings. The van der Waals surface area contributed by atoms with Crippen molar-refractivity contribution in [1.82, 2.24) is 25.4 Å². The highest BCUT2D eigenvalue weighted by atomic mass is 15.3. The lowest BCUT2D eigenvalue weighted by Gasteiger charge is -1.77. The second-order valence-electron chi connectivity index (χ2n) is 1.52. The molecule has 43 valence electrons. The fourth-order valence-corrected chi connectivity index (χ4v) is 0.569. The van der Waals surface area contributed by atoms with Gasteiger partial charge < -0.3 is 0 Å². The minimum absolute atomic E-state index is 0.616. The Morgan fingerprint density at radius 1 is 1.56 bits per heavy atom. The van der Waals surface area contributed by atoms with Gasteiger partial charge in [-0.1, -0.05) is 5.21 Å². The molecule has 0 fully saturated rings. The summed E-state index contributed by atoms with van der Waals surface area (Å²) in [6, 6.07) is 0. The first-order valence-electron chi connectivity index (χ1n) is 2.36. The van der Waals surface area contributed by atoms with Crippen LogP contribution in [0.5, 0.6) is 0 Å². The van der Waals surface area contributed by atoms with Gasteiger partial charge in [-0.2, -0.15) is 0 Å². The molecule has 0 saturated carbocycles. The predicted molar refractivity (Wildman–Crippen MR) is 28.3 cm³/mol. The maximum Gasteiger partial charge on any atom is 0.199 e. The first kappa shape index (κ1) is 4.37. The highest BCUT2D eigenvalue weighted by molar-refractivity contribution is 5.66. The van der Waals surface area contributed by atoms with Crippen LogP contribution in [-0.2, 0) is 0 Å². The molecule has 0 aromatic carbocycles. The summed E-state index contributed by atoms with van der Waals surface area (Å²) in [6.07, 6.45) is 3.96. The van der Waals surface area contributed by atoms with Crippen LogP contribution >= 0.6 is 0 Å². The van der Waals surface area contributed by atoms with Crippen LogP contribution in [0.15, 0.2) is 6.20 Å². The number of hydrogen-bond donors (Lipinski definition) is 1. The van der Waals surface area contributed by atoms with Crippen LogP contribution in [0, 0.1) is 6.33 Å². The van der Waals surface area contributed by atoms with E-state index in [2.05, 4.69) is 31.7 Å². The van der Waals surface area contributed by atoms with Crippen molar-refractivity contribution in [1.29, 1.82) is 0 Å². The number of rotatable bonds is 0. The molecule has 5 nitrogen and oxygen atoms in total. The summed E-state index contributed by atoms with van der Waals surface area (Å²) in [5.74, 6) is 0. The van der Waals surface area contributed by atoms with Crippen molar-refractivity contribution >= 4 is 11.2 Å². The molecule has 0 aliphatic carbocycles. The molecular formula is C4H2N5. The van der Waals surface area contributed by atoms with E-state index < -0.39 is 0 Å². The summed E-state index contributed by atoms with van der Waals surface area (Å²) >= 11 is 0. The Labute approximate surface area is 50.1 Å². The molecule has 0 unspecified atom stereocenters. The van der Waals surface area contributed by atoms with Crippen LogP contribution in [0.3, 0.4) is 0 Å². The molecular weight excluding hydrogens is 118 g/mol. The van der Waals surface area contributed by atoms with Gasteiger partial charge >= 0.3 is 0 Å². The van der Waals surface area contributed by atoms with Crippen LogP contribution in [0.2, 0.25) is 0 Å². The zero-order valence-corrected chi connectivity index (χ0v) is 4.37. The van der Waals surface area contributed by atoms with Crippen LogP contribution in [0.25, 0.3) is 11.2 Å². The molecule has 0 atom stereocenters. The lowest BCUT2D eigenvalue weighted by molar-refractivity contribution is 0.954.